The lowest BCUT2D eigenvalue weighted by atomic mass is 10.2. The largest absolute Gasteiger partial charge is 0.494 e. The predicted molar refractivity (Wildman–Crippen MR) is 154 cm³/mol. The SMILES string of the molecule is COc1cc(N2CCN(C)CC2)ccc1Nc1ncc([N+](=O)[O-])c(Nc2cccc(NC(=O)OC(C)(C)C)c2)n1. The summed E-state index contributed by atoms with van der Waals surface area (Å²) in [7, 11) is 3.69. The number of ether oxygens (including phenoxy) is 2. The number of carbonyl (C=O) groups excluding carboxylic acids is 1. The van der Waals surface area contributed by atoms with Gasteiger partial charge < -0.3 is 29.9 Å². The van der Waals surface area contributed by atoms with Crippen LogP contribution in [0.25, 0.3) is 0 Å². The molecular weight excluding hydrogens is 516 g/mol. The monoisotopic (exact) mass is 550 g/mol. The first kappa shape index (κ1) is 28.4. The highest BCUT2D eigenvalue weighted by atomic mass is 16.6. The molecule has 0 unspecified atom stereocenters. The lowest BCUT2D eigenvalue weighted by molar-refractivity contribution is -0.384. The fraction of sp³-hybridized carbons (Fsp3) is 0.370. The molecule has 0 aliphatic carbocycles. The van der Waals surface area contributed by atoms with Crippen molar-refractivity contribution in [2.24, 2.45) is 0 Å². The first-order valence-corrected chi connectivity index (χ1v) is 12.8. The van der Waals surface area contributed by atoms with E-state index < -0.39 is 16.6 Å². The summed E-state index contributed by atoms with van der Waals surface area (Å²) in [5.74, 6) is 0.709. The highest BCUT2D eigenvalue weighted by Crippen LogP contribution is 2.33. The van der Waals surface area contributed by atoms with Gasteiger partial charge in [-0.25, -0.2) is 9.78 Å². The zero-order valence-electron chi connectivity index (χ0n) is 23.2. The molecule has 0 saturated carbocycles. The van der Waals surface area contributed by atoms with Gasteiger partial charge in [0.15, 0.2) is 0 Å². The van der Waals surface area contributed by atoms with Crippen LogP contribution in [0.5, 0.6) is 5.75 Å². The molecule has 40 heavy (non-hydrogen) atoms. The standard InChI is InChI=1S/C27H34N8O5/c1-27(2,3)40-26(36)30-19-8-6-7-18(15-19)29-24-22(35(37)38)17-28-25(32-24)31-21-10-9-20(16-23(21)39-5)34-13-11-33(4)12-14-34/h6-10,15-17H,11-14H2,1-5H3,(H,30,36)(H2,28,29,31,32). The number of piperazine rings is 1. The lowest BCUT2D eigenvalue weighted by Crippen LogP contribution is -2.44. The van der Waals surface area contributed by atoms with Crippen LogP contribution >= 0.6 is 0 Å². The van der Waals surface area contributed by atoms with E-state index in [9.17, 15) is 14.9 Å². The smallest absolute Gasteiger partial charge is 0.412 e. The summed E-state index contributed by atoms with van der Waals surface area (Å²) in [5, 5.41) is 20.4. The molecule has 1 aliphatic rings. The Bertz CT molecular complexity index is 1370. The second-order valence-electron chi connectivity index (χ2n) is 10.3. The topological polar surface area (TPSA) is 147 Å². The molecule has 1 fully saturated rings. The van der Waals surface area contributed by atoms with E-state index in [0.717, 1.165) is 38.1 Å². The number of hydrogen-bond donors (Lipinski definition) is 3. The Morgan fingerprint density at radius 1 is 1.05 bits per heavy atom. The van der Waals surface area contributed by atoms with Crippen LogP contribution in [-0.4, -0.2) is 71.8 Å². The minimum absolute atomic E-state index is 0.0232. The van der Waals surface area contributed by atoms with Crippen LogP contribution in [0.3, 0.4) is 0 Å². The number of likely N-dealkylation sites (N-methyl/N-ethyl adjacent to an activating group) is 1. The van der Waals surface area contributed by atoms with Gasteiger partial charge in [-0.2, -0.15) is 4.98 Å². The van der Waals surface area contributed by atoms with E-state index in [1.807, 2.05) is 18.2 Å². The molecule has 2 heterocycles. The second kappa shape index (κ2) is 12.0. The Morgan fingerprint density at radius 2 is 1.77 bits per heavy atom. The number of amides is 1. The molecule has 3 N–H and O–H groups in total. The van der Waals surface area contributed by atoms with Crippen molar-refractivity contribution in [1.29, 1.82) is 0 Å². The molecule has 0 radical (unpaired) electrons. The van der Waals surface area contributed by atoms with Gasteiger partial charge in [0.05, 0.1) is 17.7 Å². The Morgan fingerprint density at radius 3 is 2.45 bits per heavy atom. The summed E-state index contributed by atoms with van der Waals surface area (Å²) in [6, 6.07) is 12.5. The number of aromatic nitrogens is 2. The van der Waals surface area contributed by atoms with Gasteiger partial charge in [0.25, 0.3) is 0 Å². The Labute approximate surface area is 232 Å². The summed E-state index contributed by atoms with van der Waals surface area (Å²) < 4.78 is 10.9. The zero-order chi connectivity index (χ0) is 28.9. The van der Waals surface area contributed by atoms with Crippen molar-refractivity contribution in [3.63, 3.8) is 0 Å². The van der Waals surface area contributed by atoms with Crippen molar-refractivity contribution in [1.82, 2.24) is 14.9 Å². The van der Waals surface area contributed by atoms with Crippen LogP contribution in [0.2, 0.25) is 0 Å². The molecule has 1 aromatic heterocycles. The van der Waals surface area contributed by atoms with Crippen molar-refractivity contribution in [2.45, 2.75) is 26.4 Å². The molecule has 2 aromatic carbocycles. The molecule has 1 amide bonds. The lowest BCUT2D eigenvalue weighted by Gasteiger charge is -2.34. The Hall–Kier alpha value is -4.65. The molecule has 13 heteroatoms. The summed E-state index contributed by atoms with van der Waals surface area (Å²) in [6.45, 7) is 9.10. The van der Waals surface area contributed by atoms with Crippen LogP contribution in [0.15, 0.2) is 48.7 Å². The number of nitrogens with zero attached hydrogens (tertiary/aromatic N) is 5. The maximum absolute atomic E-state index is 12.1. The number of nitro groups is 1. The molecule has 1 saturated heterocycles. The highest BCUT2D eigenvalue weighted by molar-refractivity contribution is 5.86. The third kappa shape index (κ3) is 7.47. The first-order valence-electron chi connectivity index (χ1n) is 12.8. The van der Waals surface area contributed by atoms with Crippen LogP contribution in [0.1, 0.15) is 20.8 Å². The quantitative estimate of drug-likeness (QED) is 0.258. The molecule has 212 valence electrons. The number of hydrogen-bond acceptors (Lipinski definition) is 11. The van der Waals surface area contributed by atoms with Crippen molar-refractivity contribution in [3.8, 4) is 5.75 Å². The van der Waals surface area contributed by atoms with Crippen molar-refractivity contribution in [3.05, 3.63) is 58.8 Å². The van der Waals surface area contributed by atoms with Gasteiger partial charge in [0.1, 0.15) is 17.5 Å². The van der Waals surface area contributed by atoms with Crippen LogP contribution in [-0.2, 0) is 4.74 Å². The van der Waals surface area contributed by atoms with Crippen molar-refractivity contribution < 1.29 is 19.2 Å². The van der Waals surface area contributed by atoms with Gasteiger partial charge in [-0.05, 0) is 58.2 Å². The number of anilines is 6. The van der Waals surface area contributed by atoms with Gasteiger partial charge in [0.2, 0.25) is 11.8 Å². The van der Waals surface area contributed by atoms with Crippen molar-refractivity contribution >= 4 is 46.3 Å². The van der Waals surface area contributed by atoms with E-state index >= 15 is 0 Å². The van der Waals surface area contributed by atoms with E-state index in [0.29, 0.717) is 22.8 Å². The number of benzene rings is 2. The molecular formula is C27H34N8O5. The zero-order valence-corrected chi connectivity index (χ0v) is 23.2. The summed E-state index contributed by atoms with van der Waals surface area (Å²) in [6.07, 6.45) is 0.516. The molecule has 1 aliphatic heterocycles. The maximum Gasteiger partial charge on any atom is 0.412 e. The number of rotatable bonds is 8. The summed E-state index contributed by atoms with van der Waals surface area (Å²) in [5.41, 5.74) is 1.60. The van der Waals surface area contributed by atoms with E-state index in [4.69, 9.17) is 9.47 Å². The third-order valence-corrected chi connectivity index (χ3v) is 6.04. The van der Waals surface area contributed by atoms with E-state index in [1.165, 1.54) is 0 Å². The fourth-order valence-corrected chi connectivity index (χ4v) is 4.06. The highest BCUT2D eigenvalue weighted by Gasteiger charge is 2.20. The van der Waals surface area contributed by atoms with Gasteiger partial charge in [0, 0.05) is 49.3 Å². The molecule has 0 spiro atoms. The molecule has 13 nitrogen and oxygen atoms in total. The average Bonchev–Trinajstić information content (AvgIpc) is 2.88. The van der Waals surface area contributed by atoms with E-state index in [-0.39, 0.29) is 17.5 Å². The van der Waals surface area contributed by atoms with E-state index in [1.54, 1.807) is 52.1 Å². The number of carbonyl (C=O) groups is 1. The first-order chi connectivity index (χ1) is 19.0. The Kier molecular flexibility index (Phi) is 8.53. The molecule has 4 rings (SSSR count). The van der Waals surface area contributed by atoms with E-state index in [2.05, 4.69) is 42.8 Å². The predicted octanol–water partition coefficient (Wildman–Crippen LogP) is 4.98. The normalized spacial score (nSPS) is 13.9. The number of methoxy groups -OCH3 is 1. The molecule has 0 bridgehead atoms. The van der Waals surface area contributed by atoms with Crippen LogP contribution < -0.4 is 25.6 Å². The van der Waals surface area contributed by atoms with Gasteiger partial charge >= 0.3 is 11.8 Å². The average molecular weight is 551 g/mol. The van der Waals surface area contributed by atoms with Crippen molar-refractivity contribution in [2.75, 3.05) is 61.2 Å². The third-order valence-electron chi connectivity index (χ3n) is 6.04. The molecule has 3 aromatic rings. The van der Waals surface area contributed by atoms with Crippen LogP contribution in [0.4, 0.5) is 45.0 Å². The van der Waals surface area contributed by atoms with Gasteiger partial charge in [-0.15, -0.1) is 0 Å². The van der Waals surface area contributed by atoms with Crippen LogP contribution in [0, 0.1) is 10.1 Å². The minimum Gasteiger partial charge on any atom is -0.494 e. The summed E-state index contributed by atoms with van der Waals surface area (Å²) >= 11 is 0. The molecule has 0 atom stereocenters. The Balaban J connectivity index is 1.53. The summed E-state index contributed by atoms with van der Waals surface area (Å²) in [4.78, 5) is 36.4. The minimum atomic E-state index is -0.654. The number of nitrogens with one attached hydrogen (secondary N) is 3. The second-order valence-corrected chi connectivity index (χ2v) is 10.3. The fourth-order valence-electron chi connectivity index (χ4n) is 4.06. The van der Waals surface area contributed by atoms with Gasteiger partial charge in [-0.1, -0.05) is 6.07 Å². The maximum atomic E-state index is 12.1. The van der Waals surface area contributed by atoms with Gasteiger partial charge in [-0.3, -0.25) is 15.4 Å².